The van der Waals surface area contributed by atoms with E-state index >= 15 is 0 Å². The number of amidine groups is 2. The van der Waals surface area contributed by atoms with E-state index < -0.39 is 42.4 Å². The van der Waals surface area contributed by atoms with E-state index in [0.717, 1.165) is 24.3 Å². The van der Waals surface area contributed by atoms with Crippen LogP contribution in [0.5, 0.6) is 0 Å². The molecule has 0 amide bonds. The zero-order valence-corrected chi connectivity index (χ0v) is 20.4. The molecule has 0 heterocycles. The lowest BCUT2D eigenvalue weighted by atomic mass is 10.4. The van der Waals surface area contributed by atoms with Gasteiger partial charge in [-0.15, -0.1) is 0 Å². The highest BCUT2D eigenvalue weighted by molar-refractivity contribution is 7.87. The van der Waals surface area contributed by atoms with Crippen molar-refractivity contribution in [3.63, 3.8) is 0 Å². The number of aliphatic imine (C=N–C) groups is 1. The summed E-state index contributed by atoms with van der Waals surface area (Å²) >= 11 is 0. The minimum Gasteiger partial charge on any atom is -0.381 e. The maximum atomic E-state index is 12.5. The molecule has 0 atom stereocenters. The molecule has 0 aliphatic heterocycles. The molecule has 0 spiro atoms. The van der Waals surface area contributed by atoms with Crippen LogP contribution in [-0.4, -0.2) is 37.3 Å². The molecule has 3 rings (SSSR count). The van der Waals surface area contributed by atoms with E-state index in [9.17, 15) is 30.7 Å². The zero-order chi connectivity index (χ0) is 26.2. The highest BCUT2D eigenvalue weighted by atomic mass is 32.2. The Morgan fingerprint density at radius 2 is 1.03 bits per heavy atom. The van der Waals surface area contributed by atoms with Crippen molar-refractivity contribution in [2.45, 2.75) is 14.7 Å². The molecule has 186 valence electrons. The normalized spacial score (nSPS) is 12.1. The Hall–Kier alpha value is -4.26. The molecule has 0 radical (unpaired) electrons. The third-order valence-corrected chi connectivity index (χ3v) is 7.52. The number of rotatable bonds is 6. The molecule has 0 unspecified atom stereocenters. The van der Waals surface area contributed by atoms with E-state index in [-0.39, 0.29) is 14.7 Å². The van der Waals surface area contributed by atoms with Crippen molar-refractivity contribution in [1.82, 2.24) is 0 Å². The Morgan fingerprint density at radius 3 is 1.47 bits per heavy atom. The molecule has 3 aromatic rings. The van der Waals surface area contributed by atoms with Crippen LogP contribution in [-0.2, 0) is 42.9 Å². The minimum atomic E-state index is -4.62. The summed E-state index contributed by atoms with van der Waals surface area (Å²) in [5.41, 5.74) is 0. The maximum absolute atomic E-state index is 12.5. The van der Waals surface area contributed by atoms with Gasteiger partial charge in [0.05, 0.1) is 4.99 Å². The van der Waals surface area contributed by atoms with Gasteiger partial charge in [0.1, 0.15) is 14.7 Å². The van der Waals surface area contributed by atoms with Crippen molar-refractivity contribution in [3.05, 3.63) is 101 Å². The number of nitrogens with zero attached hydrogens (tertiary/aromatic N) is 3. The summed E-state index contributed by atoms with van der Waals surface area (Å²) < 4.78 is 87.5. The van der Waals surface area contributed by atoms with Gasteiger partial charge in [0, 0.05) is 0 Å². The van der Waals surface area contributed by atoms with Gasteiger partial charge in [-0.05, 0) is 36.4 Å². The van der Waals surface area contributed by atoms with E-state index in [2.05, 4.69) is 18.2 Å². The SMILES string of the molecule is [N-]=C(/N=C(\[N+]#COS(=O)(=O)c1ccccc1)OS(=O)(=O)c1ccccc1)OS(=O)(=O)c1ccccc1. The molecule has 15 heteroatoms. The Bertz CT molecular complexity index is 1650. The van der Waals surface area contributed by atoms with E-state index in [4.69, 9.17) is 4.18 Å². The van der Waals surface area contributed by atoms with Crippen LogP contribution in [0, 0.1) is 6.26 Å². The molecule has 0 bridgehead atoms. The Kier molecular flexibility index (Phi) is 8.04. The smallest absolute Gasteiger partial charge is 0.381 e. The molecule has 0 aromatic heterocycles. The zero-order valence-electron chi connectivity index (χ0n) is 17.9. The van der Waals surface area contributed by atoms with Gasteiger partial charge in [0.2, 0.25) is 0 Å². The summed E-state index contributed by atoms with van der Waals surface area (Å²) in [6, 6.07) is 17.2. The fraction of sp³-hybridized carbons (Fsp3) is 0. The van der Waals surface area contributed by atoms with Crippen LogP contribution in [0.3, 0.4) is 0 Å². The molecule has 0 saturated carbocycles. The second kappa shape index (κ2) is 11.0. The Balaban J connectivity index is 1.91. The quantitative estimate of drug-likeness (QED) is 0.194. The summed E-state index contributed by atoms with van der Waals surface area (Å²) in [5.74, 6) is 0. The summed E-state index contributed by atoms with van der Waals surface area (Å²) in [7, 11) is -13.6. The lowest BCUT2D eigenvalue weighted by molar-refractivity contribution is 0.463. The molecule has 0 N–H and O–H groups in total. The highest BCUT2D eigenvalue weighted by Gasteiger charge is 2.28. The van der Waals surface area contributed by atoms with Gasteiger partial charge in [-0.3, -0.25) is 8.37 Å². The fourth-order valence-corrected chi connectivity index (χ4v) is 4.77. The van der Waals surface area contributed by atoms with Gasteiger partial charge in [-0.25, -0.2) is 0 Å². The van der Waals surface area contributed by atoms with Crippen LogP contribution in [0.2, 0.25) is 0 Å². The molecule has 3 aromatic carbocycles. The first-order valence-electron chi connectivity index (χ1n) is 9.57. The van der Waals surface area contributed by atoms with Crippen LogP contribution in [0.15, 0.2) is 111 Å². The first-order chi connectivity index (χ1) is 17.0. The number of hydrogen-bond acceptors (Lipinski definition) is 9. The minimum absolute atomic E-state index is 0.268. The third kappa shape index (κ3) is 7.12. The van der Waals surface area contributed by atoms with Crippen molar-refractivity contribution in [2.24, 2.45) is 4.99 Å². The van der Waals surface area contributed by atoms with Gasteiger partial charge in [0.15, 0.2) is 0 Å². The molecule has 36 heavy (non-hydrogen) atoms. The van der Waals surface area contributed by atoms with Gasteiger partial charge in [-0.2, -0.15) is 25.3 Å². The second-order valence-corrected chi connectivity index (χ2v) is 11.1. The highest BCUT2D eigenvalue weighted by Crippen LogP contribution is 2.15. The van der Waals surface area contributed by atoms with Crippen molar-refractivity contribution < 1.29 is 37.8 Å². The monoisotopic (exact) mass is 549 g/mol. The van der Waals surface area contributed by atoms with E-state index in [1.54, 1.807) is 12.3 Å². The fourth-order valence-electron chi connectivity index (χ4n) is 2.37. The van der Waals surface area contributed by atoms with Gasteiger partial charge in [-0.1, -0.05) is 59.4 Å². The molecular formula is C21H15N3O9S3. The van der Waals surface area contributed by atoms with Crippen LogP contribution in [0.25, 0.3) is 10.3 Å². The van der Waals surface area contributed by atoms with Gasteiger partial charge >= 0.3 is 48.7 Å². The second-order valence-electron chi connectivity index (χ2n) is 6.43. The third-order valence-electron chi connectivity index (χ3n) is 3.94. The predicted molar refractivity (Wildman–Crippen MR) is 127 cm³/mol. The lowest BCUT2D eigenvalue weighted by Gasteiger charge is -2.03. The summed E-state index contributed by atoms with van der Waals surface area (Å²) in [5, 5.41) is 9.93. The van der Waals surface area contributed by atoms with Crippen molar-refractivity contribution in [1.29, 1.82) is 0 Å². The topological polar surface area (TPSA) is 169 Å². The van der Waals surface area contributed by atoms with Crippen LogP contribution in [0.4, 0.5) is 0 Å². The molecular weight excluding hydrogens is 534 g/mol. The molecule has 0 aliphatic rings. The van der Waals surface area contributed by atoms with E-state index in [0.29, 0.717) is 0 Å². The lowest BCUT2D eigenvalue weighted by Crippen LogP contribution is -2.15. The standard InChI is InChI=1S/C21H15N3O9S3/c22-20(32-35(27,28)18-12-6-2-7-13-18)24-21(33-36(29,30)19-14-8-3-9-15-19)23-16-31-34(25,26)17-10-4-1-5-11-17/h1-15H/b24-21+. The molecule has 12 nitrogen and oxygen atoms in total. The average Bonchev–Trinajstić information content (AvgIpc) is 2.85. The van der Waals surface area contributed by atoms with E-state index in [1.165, 1.54) is 60.7 Å². The van der Waals surface area contributed by atoms with Crippen molar-refractivity contribution in [3.8, 4) is 6.26 Å². The van der Waals surface area contributed by atoms with E-state index in [1.807, 2.05) is 0 Å². The van der Waals surface area contributed by atoms with Crippen LogP contribution in [0.1, 0.15) is 0 Å². The predicted octanol–water partition coefficient (Wildman–Crippen LogP) is 2.77. The average molecular weight is 550 g/mol. The summed E-state index contributed by atoms with van der Waals surface area (Å²) in [6.07, 6.45) is 1.59. The van der Waals surface area contributed by atoms with Crippen molar-refractivity contribution in [2.75, 3.05) is 0 Å². The number of benzene rings is 3. The Labute approximate surface area is 207 Å². The Morgan fingerprint density at radius 1 is 0.639 bits per heavy atom. The maximum Gasteiger partial charge on any atom is 0.629 e. The molecule has 0 saturated heterocycles. The summed E-state index contributed by atoms with van der Waals surface area (Å²) in [4.78, 5) is 5.43. The molecule has 0 fully saturated rings. The molecule has 0 aliphatic carbocycles. The number of hydrogen-bond donors (Lipinski definition) is 0. The largest absolute Gasteiger partial charge is 0.629 e. The van der Waals surface area contributed by atoms with Crippen LogP contribution < -0.4 is 0 Å². The van der Waals surface area contributed by atoms with Gasteiger partial charge < -0.3 is 9.59 Å². The first kappa shape index (κ1) is 26.3. The van der Waals surface area contributed by atoms with Crippen LogP contribution >= 0.6 is 0 Å². The summed E-state index contributed by atoms with van der Waals surface area (Å²) in [6.45, 7) is 0. The van der Waals surface area contributed by atoms with Gasteiger partial charge in [0.25, 0.3) is 0 Å². The van der Waals surface area contributed by atoms with Crippen molar-refractivity contribution >= 4 is 42.4 Å². The first-order valence-corrected chi connectivity index (χ1v) is 13.8.